The van der Waals surface area contributed by atoms with E-state index < -0.39 is 22.8 Å². The number of alkyl carbamates (subject to hydrolysis) is 1. The van der Waals surface area contributed by atoms with E-state index in [1.165, 1.54) is 6.42 Å². The number of aldehydes is 1. The summed E-state index contributed by atoms with van der Waals surface area (Å²) in [5, 5.41) is 2.96. The number of rotatable bonds is 2. The number of ether oxygens (including phenoxy) is 2. The number of hydrogen-bond donors (Lipinski definition) is 1. The zero-order valence-electron chi connectivity index (χ0n) is 21.3. The fourth-order valence-corrected chi connectivity index (χ4v) is 3.92. The maximum atomic E-state index is 12.3. The highest BCUT2D eigenvalue weighted by atomic mass is 16.6. The molecule has 2 heterocycles. The number of amides is 1. The molecule has 5 atom stereocenters. The predicted molar refractivity (Wildman–Crippen MR) is 122 cm³/mol. The van der Waals surface area contributed by atoms with Crippen LogP contribution in [-0.4, -0.2) is 35.2 Å². The van der Waals surface area contributed by atoms with Gasteiger partial charge in [0.05, 0.1) is 23.2 Å². The monoisotopic (exact) mass is 415 g/mol. The third-order valence-electron chi connectivity index (χ3n) is 5.17. The molecular weight excluding hydrogens is 366 g/mol. The summed E-state index contributed by atoms with van der Waals surface area (Å²) in [6, 6.07) is 0. The first-order valence-electron chi connectivity index (χ1n) is 11.6. The Morgan fingerprint density at radius 1 is 1.14 bits per heavy atom. The highest BCUT2D eigenvalue weighted by molar-refractivity contribution is 5.71. The van der Waals surface area contributed by atoms with E-state index in [1.807, 2.05) is 62.3 Å². The Balaban J connectivity index is 0. The summed E-state index contributed by atoms with van der Waals surface area (Å²) in [7, 11) is 0. The van der Waals surface area contributed by atoms with E-state index in [9.17, 15) is 9.59 Å². The second-order valence-corrected chi connectivity index (χ2v) is 8.97. The molecule has 2 bridgehead atoms. The van der Waals surface area contributed by atoms with Crippen molar-refractivity contribution >= 4 is 12.4 Å². The van der Waals surface area contributed by atoms with Gasteiger partial charge < -0.3 is 19.6 Å². The minimum Gasteiger partial charge on any atom is -0.444 e. The first-order chi connectivity index (χ1) is 13.4. The lowest BCUT2D eigenvalue weighted by molar-refractivity contribution is -0.113. The average Bonchev–Trinajstić information content (AvgIpc) is 2.71. The Morgan fingerprint density at radius 2 is 1.62 bits per heavy atom. The van der Waals surface area contributed by atoms with Gasteiger partial charge in [-0.3, -0.25) is 0 Å². The molecule has 29 heavy (non-hydrogen) atoms. The van der Waals surface area contributed by atoms with E-state index in [2.05, 4.69) is 26.1 Å². The first kappa shape index (κ1) is 30.1. The molecule has 0 aliphatic carbocycles. The van der Waals surface area contributed by atoms with Gasteiger partial charge in [-0.15, -0.1) is 0 Å². The average molecular weight is 416 g/mol. The highest BCUT2D eigenvalue weighted by Crippen LogP contribution is 2.50. The summed E-state index contributed by atoms with van der Waals surface area (Å²) in [5.41, 5.74) is -1.89. The summed E-state index contributed by atoms with van der Waals surface area (Å²) in [4.78, 5) is 24.0. The van der Waals surface area contributed by atoms with Crippen molar-refractivity contribution in [2.24, 2.45) is 11.8 Å². The van der Waals surface area contributed by atoms with Crippen molar-refractivity contribution in [3.63, 3.8) is 0 Å². The maximum Gasteiger partial charge on any atom is 0.408 e. The highest BCUT2D eigenvalue weighted by Gasteiger charge is 2.62. The van der Waals surface area contributed by atoms with Crippen molar-refractivity contribution in [2.45, 2.75) is 132 Å². The van der Waals surface area contributed by atoms with Gasteiger partial charge in [-0.1, -0.05) is 54.9 Å². The number of nitrogens with one attached hydrogen (secondary N) is 1. The van der Waals surface area contributed by atoms with Crippen LogP contribution in [0.1, 0.15) is 109 Å². The summed E-state index contributed by atoms with van der Waals surface area (Å²) in [5.74, 6) is 0.153. The van der Waals surface area contributed by atoms with E-state index >= 15 is 0 Å². The lowest BCUT2D eigenvalue weighted by Gasteiger charge is -2.43. The summed E-state index contributed by atoms with van der Waals surface area (Å²) >= 11 is 0. The predicted octanol–water partition coefficient (Wildman–Crippen LogP) is 6.53. The van der Waals surface area contributed by atoms with Crippen LogP contribution < -0.4 is 5.32 Å². The van der Waals surface area contributed by atoms with Crippen LogP contribution in [-0.2, 0) is 14.3 Å². The molecule has 5 nitrogen and oxygen atoms in total. The van der Waals surface area contributed by atoms with Gasteiger partial charge in [0.1, 0.15) is 11.9 Å². The molecule has 0 aromatic carbocycles. The smallest absolute Gasteiger partial charge is 0.408 e. The Morgan fingerprint density at radius 3 is 2.03 bits per heavy atom. The zero-order chi connectivity index (χ0) is 23.5. The summed E-state index contributed by atoms with van der Waals surface area (Å²) in [6.07, 6.45) is 4.28. The summed E-state index contributed by atoms with van der Waals surface area (Å²) in [6.45, 7) is 23.8. The van der Waals surface area contributed by atoms with E-state index in [4.69, 9.17) is 9.47 Å². The summed E-state index contributed by atoms with van der Waals surface area (Å²) < 4.78 is 11.6. The van der Waals surface area contributed by atoms with Crippen LogP contribution in [0.15, 0.2) is 0 Å². The minimum atomic E-state index is -0.754. The fourth-order valence-electron chi connectivity index (χ4n) is 3.92. The number of hydrogen-bond acceptors (Lipinski definition) is 4. The quantitative estimate of drug-likeness (QED) is 0.521. The van der Waals surface area contributed by atoms with Crippen LogP contribution in [0.25, 0.3) is 0 Å². The van der Waals surface area contributed by atoms with E-state index in [-0.39, 0.29) is 12.0 Å². The van der Waals surface area contributed by atoms with Crippen LogP contribution in [0.3, 0.4) is 0 Å². The molecule has 4 unspecified atom stereocenters. The Labute approximate surface area is 180 Å². The van der Waals surface area contributed by atoms with Crippen molar-refractivity contribution in [1.29, 1.82) is 0 Å². The molecule has 5 heteroatoms. The molecule has 174 valence electrons. The zero-order valence-corrected chi connectivity index (χ0v) is 21.3. The minimum absolute atomic E-state index is 0.132. The number of carbonyl (C=O) groups excluding carboxylic acids is 2. The van der Waals surface area contributed by atoms with Crippen LogP contribution >= 0.6 is 0 Å². The van der Waals surface area contributed by atoms with Gasteiger partial charge >= 0.3 is 6.09 Å². The van der Waals surface area contributed by atoms with E-state index in [0.717, 1.165) is 25.5 Å². The van der Waals surface area contributed by atoms with Crippen molar-refractivity contribution in [3.05, 3.63) is 0 Å². The molecular formula is C24H49NO4. The molecule has 1 amide bonds. The molecule has 1 N–H and O–H groups in total. The maximum absolute atomic E-state index is 12.3. The lowest BCUT2D eigenvalue weighted by Crippen LogP contribution is -2.63. The largest absolute Gasteiger partial charge is 0.444 e. The topological polar surface area (TPSA) is 64.6 Å². The Bertz CT molecular complexity index is 474. The van der Waals surface area contributed by atoms with Crippen LogP contribution in [0.2, 0.25) is 0 Å². The van der Waals surface area contributed by atoms with Gasteiger partial charge in [0.15, 0.2) is 0 Å². The molecule has 0 saturated carbocycles. The normalized spacial score (nSPS) is 32.6. The van der Waals surface area contributed by atoms with Crippen molar-refractivity contribution in [3.8, 4) is 0 Å². The molecule has 2 fully saturated rings. The number of carbonyl (C=O) groups is 2. The molecule has 2 rings (SSSR count). The Hall–Kier alpha value is -1.10. The number of fused-ring (bicyclic) bond motifs is 2. The lowest BCUT2D eigenvalue weighted by atomic mass is 9.68. The van der Waals surface area contributed by atoms with Gasteiger partial charge in [0, 0.05) is 0 Å². The Kier molecular flexibility index (Phi) is 13.8. The molecule has 0 aromatic rings. The molecule has 0 aromatic heterocycles. The molecule has 2 aliphatic heterocycles. The van der Waals surface area contributed by atoms with Crippen LogP contribution in [0.4, 0.5) is 4.79 Å². The van der Waals surface area contributed by atoms with Crippen molar-refractivity contribution in [1.82, 2.24) is 5.32 Å². The van der Waals surface area contributed by atoms with Crippen LogP contribution in [0.5, 0.6) is 0 Å². The van der Waals surface area contributed by atoms with Crippen molar-refractivity contribution < 1.29 is 19.1 Å². The second-order valence-electron chi connectivity index (χ2n) is 8.97. The third kappa shape index (κ3) is 8.27. The van der Waals surface area contributed by atoms with Crippen molar-refractivity contribution in [2.75, 3.05) is 0 Å². The van der Waals surface area contributed by atoms with Gasteiger partial charge in [0.2, 0.25) is 0 Å². The van der Waals surface area contributed by atoms with Gasteiger partial charge in [-0.05, 0) is 59.8 Å². The van der Waals surface area contributed by atoms with E-state index in [1.54, 1.807) is 0 Å². The van der Waals surface area contributed by atoms with Gasteiger partial charge in [-0.25, -0.2) is 4.79 Å². The first-order valence-corrected chi connectivity index (χ1v) is 11.6. The molecule has 2 saturated heterocycles. The molecule has 0 spiro atoms. The SMILES string of the molecule is CC.CC.CCC.C[C@H]1CCC2OC(C)(C1)C(C)(NC(=O)OC(C)(C)C)C2C=O. The third-order valence-corrected chi connectivity index (χ3v) is 5.17. The molecule has 2 aliphatic rings. The van der Waals surface area contributed by atoms with Gasteiger partial charge in [0.25, 0.3) is 0 Å². The standard InChI is InChI=1S/C17H29NO4.C3H8.2C2H6/c1-11-7-8-13-12(10-19)17(6,16(5,9-11)21-13)18-14(20)22-15(2,3)4;1-3-2;2*1-2/h10-13H,7-9H2,1-6H3,(H,18,20);3H2,1-2H3;2*1-2H3/t11-,12?,13?,16?,17?;;;/m0.../s1. The second kappa shape index (κ2) is 13.3. The van der Waals surface area contributed by atoms with Gasteiger partial charge in [-0.2, -0.15) is 0 Å². The van der Waals surface area contributed by atoms with Crippen LogP contribution in [0, 0.1) is 11.8 Å². The van der Waals surface area contributed by atoms with E-state index in [0.29, 0.717) is 5.92 Å². The molecule has 0 radical (unpaired) electrons. The fraction of sp³-hybridized carbons (Fsp3) is 0.917.